The zero-order chi connectivity index (χ0) is 13.8. The van der Waals surface area contributed by atoms with Crippen molar-refractivity contribution < 1.29 is 13.5 Å². The lowest BCUT2D eigenvalue weighted by Crippen LogP contribution is -2.50. The van der Waals surface area contributed by atoms with Gasteiger partial charge < -0.3 is 5.11 Å². The molecule has 0 atom stereocenters. The summed E-state index contributed by atoms with van der Waals surface area (Å²) in [6.07, 6.45) is 1.09. The first-order chi connectivity index (χ1) is 8.39. The Balaban J connectivity index is 3.08. The normalized spacial score (nSPS) is 12.7. The predicted octanol–water partition coefficient (Wildman–Crippen LogP) is 1.82. The van der Waals surface area contributed by atoms with Gasteiger partial charge in [-0.25, -0.2) is 13.1 Å². The fourth-order valence-electron chi connectivity index (χ4n) is 1.78. The highest BCUT2D eigenvalue weighted by Crippen LogP contribution is 2.19. The van der Waals surface area contributed by atoms with Gasteiger partial charge in [0.1, 0.15) is 0 Å². The molecule has 1 rings (SSSR count). The van der Waals surface area contributed by atoms with Crippen LogP contribution in [-0.2, 0) is 10.0 Å². The monoisotopic (exact) mass is 271 g/mol. The number of aliphatic hydroxyl groups excluding tert-OH is 1. The molecule has 5 heteroatoms. The lowest BCUT2D eigenvalue weighted by molar-refractivity contribution is 0.172. The van der Waals surface area contributed by atoms with E-state index >= 15 is 0 Å². The molecule has 0 aliphatic rings. The standard InChI is InChI=1S/C13H21NO3S/c1-4-13(5-2,10-15)14-18(16,17)12-8-6-7-11(3)9-12/h6-9,14-15H,4-5,10H2,1-3H3. The molecule has 4 nitrogen and oxygen atoms in total. The molecule has 2 N–H and O–H groups in total. The third kappa shape index (κ3) is 3.31. The second kappa shape index (κ2) is 5.82. The summed E-state index contributed by atoms with van der Waals surface area (Å²) in [5, 5.41) is 9.41. The van der Waals surface area contributed by atoms with Gasteiger partial charge in [0.2, 0.25) is 10.0 Å². The molecule has 0 saturated carbocycles. The molecule has 0 amide bonds. The van der Waals surface area contributed by atoms with Gasteiger partial charge >= 0.3 is 0 Å². The molecule has 0 heterocycles. The molecule has 102 valence electrons. The van der Waals surface area contributed by atoms with Crippen LogP contribution in [0, 0.1) is 6.92 Å². The molecule has 0 aliphatic heterocycles. The van der Waals surface area contributed by atoms with Gasteiger partial charge in [0.05, 0.1) is 17.0 Å². The number of aryl methyl sites for hydroxylation is 1. The minimum absolute atomic E-state index is 0.203. The largest absolute Gasteiger partial charge is 0.394 e. The predicted molar refractivity (Wildman–Crippen MR) is 71.9 cm³/mol. The Labute approximate surface area is 109 Å². The maximum atomic E-state index is 12.3. The molecule has 0 unspecified atom stereocenters. The average molecular weight is 271 g/mol. The first-order valence-corrected chi connectivity index (χ1v) is 7.59. The van der Waals surface area contributed by atoms with E-state index in [1.807, 2.05) is 26.8 Å². The number of aliphatic hydroxyl groups is 1. The Hall–Kier alpha value is -0.910. The minimum atomic E-state index is -3.59. The Morgan fingerprint density at radius 2 is 1.89 bits per heavy atom. The second-order valence-corrected chi connectivity index (χ2v) is 6.25. The Kier molecular flexibility index (Phi) is 4.90. The van der Waals surface area contributed by atoms with Crippen molar-refractivity contribution in [3.8, 4) is 0 Å². The third-order valence-corrected chi connectivity index (χ3v) is 4.88. The van der Waals surface area contributed by atoms with E-state index < -0.39 is 15.6 Å². The van der Waals surface area contributed by atoms with Gasteiger partial charge in [0.15, 0.2) is 0 Å². The highest BCUT2D eigenvalue weighted by Gasteiger charge is 2.31. The van der Waals surface area contributed by atoms with E-state index in [9.17, 15) is 13.5 Å². The summed E-state index contributed by atoms with van der Waals surface area (Å²) in [4.78, 5) is 0.238. The van der Waals surface area contributed by atoms with Crippen molar-refractivity contribution in [1.29, 1.82) is 0 Å². The van der Waals surface area contributed by atoms with Crippen molar-refractivity contribution >= 4 is 10.0 Å². The van der Waals surface area contributed by atoms with Crippen LogP contribution >= 0.6 is 0 Å². The van der Waals surface area contributed by atoms with Gasteiger partial charge in [-0.05, 0) is 37.5 Å². The lowest BCUT2D eigenvalue weighted by Gasteiger charge is -2.30. The SMILES string of the molecule is CCC(CC)(CO)NS(=O)(=O)c1cccc(C)c1. The van der Waals surface area contributed by atoms with E-state index in [1.165, 1.54) is 0 Å². The molecule has 1 aromatic rings. The van der Waals surface area contributed by atoms with Crippen LogP contribution in [0.1, 0.15) is 32.3 Å². The first-order valence-electron chi connectivity index (χ1n) is 6.10. The summed E-state index contributed by atoms with van der Waals surface area (Å²) in [7, 11) is -3.59. The number of nitrogens with one attached hydrogen (secondary N) is 1. The number of benzene rings is 1. The first kappa shape index (κ1) is 15.1. The van der Waals surface area contributed by atoms with Crippen molar-refractivity contribution in [1.82, 2.24) is 4.72 Å². The average Bonchev–Trinajstić information content (AvgIpc) is 2.36. The quantitative estimate of drug-likeness (QED) is 0.829. The van der Waals surface area contributed by atoms with Crippen LogP contribution in [-0.4, -0.2) is 25.7 Å². The molecular weight excluding hydrogens is 250 g/mol. The van der Waals surface area contributed by atoms with E-state index in [1.54, 1.807) is 18.2 Å². The summed E-state index contributed by atoms with van der Waals surface area (Å²) >= 11 is 0. The molecule has 0 saturated heterocycles. The van der Waals surface area contributed by atoms with Gasteiger partial charge in [-0.15, -0.1) is 0 Å². The molecule has 0 aliphatic carbocycles. The zero-order valence-corrected chi connectivity index (χ0v) is 11.9. The van der Waals surface area contributed by atoms with Crippen molar-refractivity contribution in [3.63, 3.8) is 0 Å². The van der Waals surface area contributed by atoms with Gasteiger partial charge in [0.25, 0.3) is 0 Å². The fraction of sp³-hybridized carbons (Fsp3) is 0.538. The van der Waals surface area contributed by atoms with Crippen molar-refractivity contribution in [3.05, 3.63) is 29.8 Å². The number of rotatable bonds is 6. The minimum Gasteiger partial charge on any atom is -0.394 e. The van der Waals surface area contributed by atoms with E-state index in [0.717, 1.165) is 5.56 Å². The van der Waals surface area contributed by atoms with Crippen LogP contribution in [0.2, 0.25) is 0 Å². The molecule has 0 spiro atoms. The molecule has 1 aromatic carbocycles. The van der Waals surface area contributed by atoms with Crippen LogP contribution in [0.4, 0.5) is 0 Å². The number of sulfonamides is 1. The van der Waals surface area contributed by atoms with Crippen LogP contribution in [0.25, 0.3) is 0 Å². The molecular formula is C13H21NO3S. The third-order valence-electron chi connectivity index (χ3n) is 3.31. The van der Waals surface area contributed by atoms with Gasteiger partial charge in [-0.3, -0.25) is 0 Å². The van der Waals surface area contributed by atoms with E-state index in [4.69, 9.17) is 0 Å². The Bertz CT molecular complexity index is 484. The summed E-state index contributed by atoms with van der Waals surface area (Å²) in [6, 6.07) is 6.74. The number of hydrogen-bond acceptors (Lipinski definition) is 3. The van der Waals surface area contributed by atoms with Crippen molar-refractivity contribution in [2.24, 2.45) is 0 Å². The summed E-state index contributed by atoms with van der Waals surface area (Å²) in [6.45, 7) is 5.36. The van der Waals surface area contributed by atoms with E-state index in [2.05, 4.69) is 4.72 Å². The molecule has 0 bridgehead atoms. The lowest BCUT2D eigenvalue weighted by atomic mass is 9.96. The Morgan fingerprint density at radius 3 is 2.33 bits per heavy atom. The highest BCUT2D eigenvalue weighted by molar-refractivity contribution is 7.89. The van der Waals surface area contributed by atoms with Crippen LogP contribution in [0.15, 0.2) is 29.2 Å². The summed E-state index contributed by atoms with van der Waals surface area (Å²) < 4.78 is 27.1. The Morgan fingerprint density at radius 1 is 1.28 bits per heavy atom. The molecule has 0 fully saturated rings. The highest BCUT2D eigenvalue weighted by atomic mass is 32.2. The fourth-order valence-corrected chi connectivity index (χ4v) is 3.42. The summed E-state index contributed by atoms with van der Waals surface area (Å²) in [5.74, 6) is 0. The van der Waals surface area contributed by atoms with E-state index in [0.29, 0.717) is 12.8 Å². The zero-order valence-electron chi connectivity index (χ0n) is 11.1. The van der Waals surface area contributed by atoms with Crippen molar-refractivity contribution in [2.45, 2.75) is 44.0 Å². The summed E-state index contributed by atoms with van der Waals surface area (Å²) in [5.41, 5.74) is 0.114. The maximum absolute atomic E-state index is 12.3. The van der Waals surface area contributed by atoms with Crippen molar-refractivity contribution in [2.75, 3.05) is 6.61 Å². The second-order valence-electron chi connectivity index (χ2n) is 4.57. The molecule has 0 aromatic heterocycles. The van der Waals surface area contributed by atoms with Gasteiger partial charge in [-0.2, -0.15) is 0 Å². The van der Waals surface area contributed by atoms with Gasteiger partial charge in [-0.1, -0.05) is 26.0 Å². The van der Waals surface area contributed by atoms with Gasteiger partial charge in [0, 0.05) is 0 Å². The van der Waals surface area contributed by atoms with Crippen LogP contribution < -0.4 is 4.72 Å². The van der Waals surface area contributed by atoms with Crippen LogP contribution in [0.5, 0.6) is 0 Å². The topological polar surface area (TPSA) is 66.4 Å². The molecule has 18 heavy (non-hydrogen) atoms. The van der Waals surface area contributed by atoms with Crippen LogP contribution in [0.3, 0.4) is 0 Å². The number of hydrogen-bond donors (Lipinski definition) is 2. The maximum Gasteiger partial charge on any atom is 0.241 e. The smallest absolute Gasteiger partial charge is 0.241 e. The van der Waals surface area contributed by atoms with E-state index in [-0.39, 0.29) is 11.5 Å². The molecule has 0 radical (unpaired) electrons.